The summed E-state index contributed by atoms with van der Waals surface area (Å²) in [5.41, 5.74) is 6.65. The number of nitrogens with two attached hydrogens (primary N) is 1. The highest BCUT2D eigenvalue weighted by molar-refractivity contribution is 8.00. The Bertz CT molecular complexity index is 397. The van der Waals surface area contributed by atoms with Gasteiger partial charge in [0.25, 0.3) is 0 Å². The second kappa shape index (κ2) is 5.25. The number of nitrogens with zero attached hydrogens (tertiary/aromatic N) is 2. The summed E-state index contributed by atoms with van der Waals surface area (Å²) in [4.78, 5) is 8.54. The Morgan fingerprint density at radius 1 is 1.33 bits per heavy atom. The Labute approximate surface area is 96.8 Å². The molecule has 0 aliphatic rings. The Balaban J connectivity index is 2.04. The number of thiazole rings is 1. The highest BCUT2D eigenvalue weighted by Crippen LogP contribution is 2.27. The van der Waals surface area contributed by atoms with Gasteiger partial charge in [0, 0.05) is 17.8 Å². The van der Waals surface area contributed by atoms with Gasteiger partial charge in [-0.05, 0) is 36.4 Å². The Morgan fingerprint density at radius 3 is 2.87 bits per heavy atom. The molecule has 0 aliphatic carbocycles. The first-order valence-corrected chi connectivity index (χ1v) is 6.30. The summed E-state index contributed by atoms with van der Waals surface area (Å²) in [5.74, 6) is 0. The lowest BCUT2D eigenvalue weighted by Crippen LogP contribution is -2.02. The van der Waals surface area contributed by atoms with Crippen molar-refractivity contribution in [3.05, 3.63) is 35.5 Å². The molecule has 0 saturated carbocycles. The normalized spacial score (nSPS) is 10.5. The van der Waals surface area contributed by atoms with Gasteiger partial charge in [0.1, 0.15) is 5.03 Å². The third-order valence-electron chi connectivity index (χ3n) is 1.83. The van der Waals surface area contributed by atoms with Crippen LogP contribution in [0.15, 0.2) is 39.3 Å². The van der Waals surface area contributed by atoms with E-state index in [-0.39, 0.29) is 0 Å². The van der Waals surface area contributed by atoms with Gasteiger partial charge < -0.3 is 5.73 Å². The van der Waals surface area contributed by atoms with E-state index in [2.05, 4.69) is 16.0 Å². The molecule has 78 valence electrons. The van der Waals surface area contributed by atoms with Crippen LogP contribution in [0.4, 0.5) is 0 Å². The quantitative estimate of drug-likeness (QED) is 0.885. The van der Waals surface area contributed by atoms with Crippen molar-refractivity contribution in [2.24, 2.45) is 5.73 Å². The van der Waals surface area contributed by atoms with Gasteiger partial charge in [-0.25, -0.2) is 9.97 Å². The van der Waals surface area contributed by atoms with Crippen LogP contribution in [0, 0.1) is 0 Å². The molecule has 0 bridgehead atoms. The van der Waals surface area contributed by atoms with E-state index in [4.69, 9.17) is 5.73 Å². The summed E-state index contributed by atoms with van der Waals surface area (Å²) < 4.78 is 1.02. The first-order chi connectivity index (χ1) is 7.38. The van der Waals surface area contributed by atoms with Gasteiger partial charge >= 0.3 is 0 Å². The minimum atomic E-state index is 0.667. The molecule has 3 nitrogen and oxygen atoms in total. The maximum atomic E-state index is 5.47. The summed E-state index contributed by atoms with van der Waals surface area (Å²) in [5, 5.41) is 2.94. The second-order valence-corrected chi connectivity index (χ2v) is 5.11. The average Bonchev–Trinajstić information content (AvgIpc) is 2.74. The van der Waals surface area contributed by atoms with Crippen LogP contribution in [0.3, 0.4) is 0 Å². The molecule has 2 N–H and O–H groups in total. The van der Waals surface area contributed by atoms with E-state index in [9.17, 15) is 0 Å². The van der Waals surface area contributed by atoms with Gasteiger partial charge in [0.2, 0.25) is 0 Å². The zero-order valence-electron chi connectivity index (χ0n) is 8.09. The first kappa shape index (κ1) is 10.6. The molecule has 2 heterocycles. The van der Waals surface area contributed by atoms with E-state index in [1.54, 1.807) is 29.3 Å². The van der Waals surface area contributed by atoms with Crippen molar-refractivity contribution in [2.75, 3.05) is 6.54 Å². The molecule has 2 aromatic rings. The molecule has 5 heteroatoms. The van der Waals surface area contributed by atoms with Crippen LogP contribution in [0.5, 0.6) is 0 Å². The molecule has 0 radical (unpaired) electrons. The maximum absolute atomic E-state index is 5.47. The molecular weight excluding hydrogens is 226 g/mol. The van der Waals surface area contributed by atoms with E-state index in [0.717, 1.165) is 15.8 Å². The van der Waals surface area contributed by atoms with Crippen molar-refractivity contribution in [3.63, 3.8) is 0 Å². The number of aromatic nitrogens is 2. The SMILES string of the molecule is NCCc1ccc(Sc2nccs2)nc1. The highest BCUT2D eigenvalue weighted by atomic mass is 32.2. The predicted molar refractivity (Wildman–Crippen MR) is 63.2 cm³/mol. The molecule has 0 spiro atoms. The number of pyridine rings is 1. The molecule has 2 aromatic heterocycles. The van der Waals surface area contributed by atoms with Gasteiger partial charge in [-0.2, -0.15) is 0 Å². The largest absolute Gasteiger partial charge is 0.330 e. The fourth-order valence-electron chi connectivity index (χ4n) is 1.14. The summed E-state index contributed by atoms with van der Waals surface area (Å²) in [6.45, 7) is 0.667. The molecule has 0 aromatic carbocycles. The molecule has 2 rings (SSSR count). The zero-order valence-corrected chi connectivity index (χ0v) is 9.72. The molecule has 0 unspecified atom stereocenters. The van der Waals surface area contributed by atoms with E-state index >= 15 is 0 Å². The summed E-state index contributed by atoms with van der Waals surface area (Å²) in [6, 6.07) is 4.08. The van der Waals surface area contributed by atoms with Gasteiger partial charge in [-0.3, -0.25) is 0 Å². The fourth-order valence-corrected chi connectivity index (χ4v) is 2.65. The minimum Gasteiger partial charge on any atom is -0.330 e. The van der Waals surface area contributed by atoms with E-state index < -0.39 is 0 Å². The minimum absolute atomic E-state index is 0.667. The van der Waals surface area contributed by atoms with Crippen molar-refractivity contribution in [1.82, 2.24) is 9.97 Å². The topological polar surface area (TPSA) is 51.8 Å². The molecule has 0 atom stereocenters. The van der Waals surface area contributed by atoms with Crippen LogP contribution >= 0.6 is 23.1 Å². The monoisotopic (exact) mass is 237 g/mol. The van der Waals surface area contributed by atoms with E-state index in [1.807, 2.05) is 17.6 Å². The lowest BCUT2D eigenvalue weighted by Gasteiger charge is -1.99. The van der Waals surface area contributed by atoms with Crippen LogP contribution in [-0.2, 0) is 6.42 Å². The van der Waals surface area contributed by atoms with Crippen LogP contribution in [0.1, 0.15) is 5.56 Å². The Kier molecular flexibility index (Phi) is 3.71. The third kappa shape index (κ3) is 3.02. The van der Waals surface area contributed by atoms with Crippen LogP contribution < -0.4 is 5.73 Å². The van der Waals surface area contributed by atoms with Crippen LogP contribution in [0.2, 0.25) is 0 Å². The van der Waals surface area contributed by atoms with Crippen molar-refractivity contribution in [2.45, 2.75) is 15.8 Å². The third-order valence-corrected chi connectivity index (χ3v) is 3.67. The van der Waals surface area contributed by atoms with Gasteiger partial charge in [0.05, 0.1) is 0 Å². The molecule has 0 saturated heterocycles. The van der Waals surface area contributed by atoms with Gasteiger partial charge in [-0.1, -0.05) is 6.07 Å². The average molecular weight is 237 g/mol. The van der Waals surface area contributed by atoms with Crippen molar-refractivity contribution in [1.29, 1.82) is 0 Å². The molecule has 0 aliphatic heterocycles. The summed E-state index contributed by atoms with van der Waals surface area (Å²) >= 11 is 3.21. The zero-order chi connectivity index (χ0) is 10.5. The number of hydrogen-bond acceptors (Lipinski definition) is 5. The molecule has 0 fully saturated rings. The first-order valence-electron chi connectivity index (χ1n) is 4.61. The molecule has 15 heavy (non-hydrogen) atoms. The predicted octanol–water partition coefficient (Wildman–Crippen LogP) is 2.19. The highest BCUT2D eigenvalue weighted by Gasteiger charge is 2.00. The summed E-state index contributed by atoms with van der Waals surface area (Å²) in [7, 11) is 0. The van der Waals surface area contributed by atoms with Crippen molar-refractivity contribution < 1.29 is 0 Å². The van der Waals surface area contributed by atoms with Gasteiger partial charge in [0.15, 0.2) is 4.34 Å². The lowest BCUT2D eigenvalue weighted by atomic mass is 10.2. The fraction of sp³-hybridized carbons (Fsp3) is 0.200. The number of hydrogen-bond donors (Lipinski definition) is 1. The van der Waals surface area contributed by atoms with Crippen LogP contribution in [0.25, 0.3) is 0 Å². The van der Waals surface area contributed by atoms with E-state index in [0.29, 0.717) is 6.54 Å². The maximum Gasteiger partial charge on any atom is 0.156 e. The molecular formula is C10H11N3S2. The van der Waals surface area contributed by atoms with Crippen molar-refractivity contribution >= 4 is 23.1 Å². The standard InChI is InChI=1S/C10H11N3S2/c11-4-3-8-1-2-9(13-7-8)15-10-12-5-6-14-10/h1-2,5-7H,3-4,11H2. The smallest absolute Gasteiger partial charge is 0.156 e. The van der Waals surface area contributed by atoms with Crippen molar-refractivity contribution in [3.8, 4) is 0 Å². The van der Waals surface area contributed by atoms with Crippen LogP contribution in [-0.4, -0.2) is 16.5 Å². The van der Waals surface area contributed by atoms with Gasteiger partial charge in [-0.15, -0.1) is 11.3 Å². The Hall–Kier alpha value is -0.910. The second-order valence-electron chi connectivity index (χ2n) is 2.94. The van der Waals surface area contributed by atoms with E-state index in [1.165, 1.54) is 5.56 Å². The summed E-state index contributed by atoms with van der Waals surface area (Å²) in [6.07, 6.45) is 4.56. The Morgan fingerprint density at radius 2 is 2.27 bits per heavy atom. The molecule has 0 amide bonds. The number of rotatable bonds is 4. The lowest BCUT2D eigenvalue weighted by molar-refractivity contribution is 0.945.